The number of carboxylic acid groups (broad SMARTS) is 1. The molecule has 0 amide bonds. The lowest BCUT2D eigenvalue weighted by molar-refractivity contribution is -0.306. The van der Waals surface area contributed by atoms with Crippen molar-refractivity contribution in [3.8, 4) is 0 Å². The second-order valence-electron chi connectivity index (χ2n) is 11.2. The molecule has 2 N–H and O–H groups in total. The van der Waals surface area contributed by atoms with Gasteiger partial charge in [-0.05, 0) is 92.3 Å². The minimum Gasteiger partial charge on any atom is -0.550 e. The number of aliphatic hydroxyl groups excluding tert-OH is 2. The van der Waals surface area contributed by atoms with Gasteiger partial charge in [0.25, 0.3) is 0 Å². The number of carbonyl (C=O) groups excluding carboxylic acids is 2. The van der Waals surface area contributed by atoms with Crippen LogP contribution in [0.25, 0.3) is 0 Å². The van der Waals surface area contributed by atoms with E-state index in [4.69, 9.17) is 0 Å². The largest absolute Gasteiger partial charge is 0.550 e. The van der Waals surface area contributed by atoms with Crippen molar-refractivity contribution in [3.05, 3.63) is 0 Å². The van der Waals surface area contributed by atoms with Gasteiger partial charge in [0.2, 0.25) is 0 Å². The number of rotatable bonds is 4. The molecule has 0 unspecified atom stereocenters. The van der Waals surface area contributed by atoms with Crippen LogP contribution in [-0.4, -0.2) is 34.2 Å². The third kappa shape index (κ3) is 3.18. The van der Waals surface area contributed by atoms with Gasteiger partial charge < -0.3 is 20.1 Å². The van der Waals surface area contributed by atoms with Crippen LogP contribution in [0, 0.1) is 46.3 Å². The molecule has 4 rings (SSSR count). The third-order valence-corrected chi connectivity index (χ3v) is 10.1. The number of carbonyl (C=O) groups is 2. The zero-order valence-corrected chi connectivity index (χ0v) is 18.1. The van der Waals surface area contributed by atoms with Crippen molar-refractivity contribution < 1.29 is 24.9 Å². The Kier molecular flexibility index (Phi) is 5.39. The molecule has 0 aromatic rings. The second kappa shape index (κ2) is 7.33. The van der Waals surface area contributed by atoms with Gasteiger partial charge in [0, 0.05) is 17.8 Å². The third-order valence-electron chi connectivity index (χ3n) is 10.1. The van der Waals surface area contributed by atoms with Crippen molar-refractivity contribution in [2.75, 3.05) is 0 Å². The number of Topliss-reactive ketones (excluding diaryl/α,β-unsaturated/α-hetero) is 1. The van der Waals surface area contributed by atoms with Crippen molar-refractivity contribution in [2.24, 2.45) is 46.3 Å². The summed E-state index contributed by atoms with van der Waals surface area (Å²) in [5, 5.41) is 32.3. The molecule has 5 nitrogen and oxygen atoms in total. The van der Waals surface area contributed by atoms with Crippen molar-refractivity contribution in [1.29, 1.82) is 0 Å². The first-order chi connectivity index (χ1) is 13.6. The van der Waals surface area contributed by atoms with Gasteiger partial charge in [-0.1, -0.05) is 20.8 Å². The minimum atomic E-state index is -1.02. The molecule has 4 aliphatic rings. The maximum Gasteiger partial charge on any atom is 0.139 e. The SMILES string of the molecule is C[C@@H](CCC(=O)[O-])[C@H]1CC[C@H]2[C@H]3[C@H](O)C[C@@H]4C[C@H](O)CC[C@]4(C)[C@H]3CC(=O)[C@]12C. The van der Waals surface area contributed by atoms with E-state index >= 15 is 0 Å². The van der Waals surface area contributed by atoms with Gasteiger partial charge in [-0.3, -0.25) is 4.79 Å². The Balaban J connectivity index is 1.62. The van der Waals surface area contributed by atoms with E-state index in [9.17, 15) is 24.9 Å². The molecule has 0 saturated heterocycles. The van der Waals surface area contributed by atoms with E-state index in [0.29, 0.717) is 24.5 Å². The maximum absolute atomic E-state index is 13.6. The molecule has 0 radical (unpaired) electrons. The molecule has 164 valence electrons. The summed E-state index contributed by atoms with van der Waals surface area (Å²) < 4.78 is 0. The number of hydrogen-bond acceptors (Lipinski definition) is 5. The molecular formula is C24H37O5-. The average Bonchev–Trinajstić information content (AvgIpc) is 3.01. The predicted molar refractivity (Wildman–Crippen MR) is 106 cm³/mol. The Morgan fingerprint density at radius 1 is 1.17 bits per heavy atom. The fourth-order valence-corrected chi connectivity index (χ4v) is 8.41. The number of ketones is 1. The number of aliphatic hydroxyl groups is 2. The first kappa shape index (κ1) is 21.3. The highest BCUT2D eigenvalue weighted by Gasteiger charge is 2.65. The summed E-state index contributed by atoms with van der Waals surface area (Å²) in [6.07, 6.45) is 5.55. The van der Waals surface area contributed by atoms with Crippen molar-refractivity contribution in [2.45, 2.75) is 90.8 Å². The molecule has 0 bridgehead atoms. The fraction of sp³-hybridized carbons (Fsp3) is 0.917. The van der Waals surface area contributed by atoms with Gasteiger partial charge in [0.15, 0.2) is 0 Å². The monoisotopic (exact) mass is 405 g/mol. The highest BCUT2D eigenvalue weighted by atomic mass is 16.4. The normalized spacial score (nSPS) is 50.4. The Hall–Kier alpha value is -0.940. The molecule has 4 aliphatic carbocycles. The lowest BCUT2D eigenvalue weighted by Gasteiger charge is -2.61. The van der Waals surface area contributed by atoms with Crippen LogP contribution in [0.4, 0.5) is 0 Å². The van der Waals surface area contributed by atoms with E-state index in [1.165, 1.54) is 0 Å². The molecule has 0 aromatic carbocycles. The molecule has 29 heavy (non-hydrogen) atoms. The lowest BCUT2D eigenvalue weighted by atomic mass is 9.43. The highest BCUT2D eigenvalue weighted by molar-refractivity contribution is 5.87. The Morgan fingerprint density at radius 3 is 2.59 bits per heavy atom. The number of fused-ring (bicyclic) bond motifs is 5. The number of aliphatic carboxylic acids is 1. The molecule has 5 heteroatoms. The zero-order valence-electron chi connectivity index (χ0n) is 18.1. The Bertz CT molecular complexity index is 676. The smallest absolute Gasteiger partial charge is 0.139 e. The summed E-state index contributed by atoms with van der Waals surface area (Å²) in [5.74, 6) is 0.477. The lowest BCUT2D eigenvalue weighted by Crippen LogP contribution is -2.61. The van der Waals surface area contributed by atoms with Gasteiger partial charge in [0.1, 0.15) is 5.78 Å². The van der Waals surface area contributed by atoms with Crippen molar-refractivity contribution in [1.82, 2.24) is 0 Å². The Labute approximate surface area is 174 Å². The number of hydrogen-bond donors (Lipinski definition) is 2. The minimum absolute atomic E-state index is 0.0266. The standard InChI is InChI=1S/C24H38O5/c1-13(4-7-21(28)29)16-5-6-17-22-18(12-20(27)24(16,17)3)23(2)9-8-15(25)10-14(23)11-19(22)26/h13-19,22,25-26H,4-12H2,1-3H3,(H,28,29)/p-1/t13-,14-,15+,16+,17-,18-,19+,22+,23-,24+/m0/s1. The van der Waals surface area contributed by atoms with E-state index in [1.807, 2.05) is 0 Å². The van der Waals surface area contributed by atoms with Gasteiger partial charge in [0.05, 0.1) is 12.2 Å². The second-order valence-corrected chi connectivity index (χ2v) is 11.2. The summed E-state index contributed by atoms with van der Waals surface area (Å²) >= 11 is 0. The molecule has 0 heterocycles. The Morgan fingerprint density at radius 2 is 1.90 bits per heavy atom. The molecule has 0 aliphatic heterocycles. The first-order valence-electron chi connectivity index (χ1n) is 11.7. The van der Waals surface area contributed by atoms with E-state index in [1.54, 1.807) is 0 Å². The topological polar surface area (TPSA) is 97.7 Å². The summed E-state index contributed by atoms with van der Waals surface area (Å²) in [4.78, 5) is 24.6. The molecular weight excluding hydrogens is 368 g/mol. The maximum atomic E-state index is 13.6. The molecule has 0 spiro atoms. The van der Waals surface area contributed by atoms with Crippen LogP contribution >= 0.6 is 0 Å². The van der Waals surface area contributed by atoms with Gasteiger partial charge in [-0.2, -0.15) is 0 Å². The zero-order chi connectivity index (χ0) is 21.1. The summed E-state index contributed by atoms with van der Waals surface area (Å²) in [6, 6.07) is 0. The number of carboxylic acids is 1. The van der Waals surface area contributed by atoms with E-state index in [2.05, 4.69) is 20.8 Å². The van der Waals surface area contributed by atoms with Crippen LogP contribution in [0.3, 0.4) is 0 Å². The fourth-order valence-electron chi connectivity index (χ4n) is 8.41. The summed E-state index contributed by atoms with van der Waals surface area (Å²) in [5.41, 5.74) is -0.427. The van der Waals surface area contributed by atoms with Crippen LogP contribution in [-0.2, 0) is 9.59 Å². The predicted octanol–water partition coefficient (Wildman–Crippen LogP) is 2.32. The van der Waals surface area contributed by atoms with Crippen molar-refractivity contribution in [3.63, 3.8) is 0 Å². The first-order valence-corrected chi connectivity index (χ1v) is 11.7. The van der Waals surface area contributed by atoms with Crippen LogP contribution in [0.5, 0.6) is 0 Å². The average molecular weight is 406 g/mol. The van der Waals surface area contributed by atoms with E-state index in [-0.39, 0.29) is 47.5 Å². The van der Waals surface area contributed by atoms with Crippen LogP contribution < -0.4 is 5.11 Å². The van der Waals surface area contributed by atoms with Gasteiger partial charge >= 0.3 is 0 Å². The van der Waals surface area contributed by atoms with E-state index < -0.39 is 17.5 Å². The molecule has 4 fully saturated rings. The van der Waals surface area contributed by atoms with Crippen LogP contribution in [0.2, 0.25) is 0 Å². The molecule has 0 aromatic heterocycles. The quantitative estimate of drug-likeness (QED) is 0.748. The summed E-state index contributed by atoms with van der Waals surface area (Å²) in [6.45, 7) is 6.49. The molecule has 10 atom stereocenters. The van der Waals surface area contributed by atoms with Crippen LogP contribution in [0.1, 0.15) is 78.6 Å². The van der Waals surface area contributed by atoms with Gasteiger partial charge in [-0.15, -0.1) is 0 Å². The summed E-state index contributed by atoms with van der Waals surface area (Å²) in [7, 11) is 0. The van der Waals surface area contributed by atoms with E-state index in [0.717, 1.165) is 38.5 Å². The van der Waals surface area contributed by atoms with Crippen molar-refractivity contribution >= 4 is 11.8 Å². The highest BCUT2D eigenvalue weighted by Crippen LogP contribution is 2.67. The van der Waals surface area contributed by atoms with Gasteiger partial charge in [-0.25, -0.2) is 0 Å². The molecule has 4 saturated carbocycles. The van der Waals surface area contributed by atoms with Crippen LogP contribution in [0.15, 0.2) is 0 Å².